The first-order valence-electron chi connectivity index (χ1n) is 5.34. The number of carbonyl (C=O) groups excluding carboxylic acids is 1. The van der Waals surface area contributed by atoms with Gasteiger partial charge >= 0.3 is 5.97 Å². The van der Waals surface area contributed by atoms with Crippen molar-refractivity contribution in [1.82, 2.24) is 0 Å². The predicted octanol–water partition coefficient (Wildman–Crippen LogP) is 2.64. The molecule has 1 rings (SSSR count). The van der Waals surface area contributed by atoms with E-state index in [4.69, 9.17) is 9.99 Å². The quantitative estimate of drug-likeness (QED) is 0.615. The lowest BCUT2D eigenvalue weighted by atomic mass is 10.1. The fraction of sp³-hybridized carbons (Fsp3) is 0.417. The maximum atomic E-state index is 12.6. The van der Waals surface area contributed by atoms with Crippen LogP contribution in [0.3, 0.4) is 0 Å². The minimum atomic E-state index is -0.654. The molecule has 1 unspecified atom stereocenters. The Morgan fingerprint density at radius 1 is 1.41 bits per heavy atom. The summed E-state index contributed by atoms with van der Waals surface area (Å²) in [5.41, 5.74) is 0. The second kappa shape index (κ2) is 6.85. The van der Waals surface area contributed by atoms with E-state index in [0.29, 0.717) is 18.8 Å². The molecule has 0 saturated carbocycles. The molecule has 0 aliphatic carbocycles. The predicted molar refractivity (Wildman–Crippen MR) is 59.0 cm³/mol. The molecular weight excluding hydrogens is 227 g/mol. The fourth-order valence-electron chi connectivity index (χ4n) is 1.26. The van der Waals surface area contributed by atoms with E-state index in [1.807, 2.05) is 6.92 Å². The van der Waals surface area contributed by atoms with Crippen LogP contribution in [0.4, 0.5) is 4.39 Å². The van der Waals surface area contributed by atoms with E-state index in [1.165, 1.54) is 12.1 Å². The molecule has 0 radical (unpaired) electrons. The van der Waals surface area contributed by atoms with Crippen LogP contribution in [-0.4, -0.2) is 17.8 Å². The van der Waals surface area contributed by atoms with Crippen molar-refractivity contribution >= 4 is 5.97 Å². The third-order valence-corrected chi connectivity index (χ3v) is 2.29. The van der Waals surface area contributed by atoms with E-state index in [2.05, 4.69) is 4.89 Å². The molecule has 0 saturated heterocycles. The van der Waals surface area contributed by atoms with Crippen LogP contribution in [0.15, 0.2) is 24.3 Å². The van der Waals surface area contributed by atoms with Gasteiger partial charge in [0.2, 0.25) is 0 Å². The van der Waals surface area contributed by atoms with Gasteiger partial charge in [0, 0.05) is 6.42 Å². The number of carbonyl (C=O) groups is 1. The third kappa shape index (κ3) is 5.31. The van der Waals surface area contributed by atoms with E-state index >= 15 is 0 Å². The second-order valence-electron chi connectivity index (χ2n) is 3.87. The van der Waals surface area contributed by atoms with Gasteiger partial charge in [0.15, 0.2) is 0 Å². The largest absolute Gasteiger partial charge is 0.493 e. The lowest BCUT2D eigenvalue weighted by Gasteiger charge is -2.12. The molecule has 0 aliphatic heterocycles. The highest BCUT2D eigenvalue weighted by atomic mass is 19.1. The molecule has 17 heavy (non-hydrogen) atoms. The van der Waals surface area contributed by atoms with Crippen LogP contribution in [0.5, 0.6) is 5.75 Å². The summed E-state index contributed by atoms with van der Waals surface area (Å²) < 4.78 is 18.0. The second-order valence-corrected chi connectivity index (χ2v) is 3.87. The van der Waals surface area contributed by atoms with Crippen LogP contribution in [-0.2, 0) is 9.68 Å². The lowest BCUT2D eigenvalue weighted by Crippen LogP contribution is -2.11. The first-order chi connectivity index (χ1) is 8.11. The normalized spacial score (nSPS) is 11.9. The Morgan fingerprint density at radius 2 is 2.06 bits per heavy atom. The van der Waals surface area contributed by atoms with Gasteiger partial charge in [-0.3, -0.25) is 0 Å². The SMILES string of the molecule is CC(CCC(=O)OO)COc1ccc(F)cc1. The molecule has 0 bridgehead atoms. The number of rotatable bonds is 6. The van der Waals surface area contributed by atoms with Crippen LogP contribution in [0.25, 0.3) is 0 Å². The zero-order chi connectivity index (χ0) is 12.7. The number of ether oxygens (including phenoxy) is 1. The molecule has 0 amide bonds. The molecule has 1 atom stereocenters. The van der Waals surface area contributed by atoms with E-state index in [9.17, 15) is 9.18 Å². The van der Waals surface area contributed by atoms with Crippen molar-refractivity contribution in [1.29, 1.82) is 0 Å². The highest BCUT2D eigenvalue weighted by molar-refractivity contribution is 5.68. The van der Waals surface area contributed by atoms with Gasteiger partial charge in [-0.05, 0) is 36.6 Å². The van der Waals surface area contributed by atoms with Gasteiger partial charge < -0.3 is 9.62 Å². The summed E-state index contributed by atoms with van der Waals surface area (Å²) in [6, 6.07) is 5.74. The molecule has 0 spiro atoms. The molecule has 1 aromatic carbocycles. The van der Waals surface area contributed by atoms with Gasteiger partial charge in [0.05, 0.1) is 6.61 Å². The van der Waals surface area contributed by atoms with Gasteiger partial charge in [-0.1, -0.05) is 6.92 Å². The number of hydrogen-bond acceptors (Lipinski definition) is 4. The first kappa shape index (κ1) is 13.4. The Bertz CT molecular complexity index is 350. The highest BCUT2D eigenvalue weighted by Gasteiger charge is 2.08. The molecular formula is C12H15FO4. The summed E-state index contributed by atoms with van der Waals surface area (Å²) in [7, 11) is 0. The van der Waals surface area contributed by atoms with Crippen LogP contribution in [0.1, 0.15) is 19.8 Å². The molecule has 1 aromatic rings. The average molecular weight is 242 g/mol. The zero-order valence-corrected chi connectivity index (χ0v) is 9.56. The van der Waals surface area contributed by atoms with Crippen molar-refractivity contribution in [2.24, 2.45) is 5.92 Å². The Labute approximate surface area is 98.9 Å². The molecule has 4 nitrogen and oxygen atoms in total. The topological polar surface area (TPSA) is 55.8 Å². The highest BCUT2D eigenvalue weighted by Crippen LogP contribution is 2.14. The maximum Gasteiger partial charge on any atom is 0.342 e. The summed E-state index contributed by atoms with van der Waals surface area (Å²) in [4.78, 5) is 14.2. The van der Waals surface area contributed by atoms with Gasteiger partial charge in [-0.2, -0.15) is 5.26 Å². The molecule has 0 aliphatic rings. The summed E-state index contributed by atoms with van der Waals surface area (Å²) in [5.74, 6) is -0.239. The summed E-state index contributed by atoms with van der Waals surface area (Å²) in [6.45, 7) is 2.33. The molecule has 0 aromatic heterocycles. The monoisotopic (exact) mass is 242 g/mol. The average Bonchev–Trinajstić information content (AvgIpc) is 2.35. The van der Waals surface area contributed by atoms with Crippen molar-refractivity contribution in [2.45, 2.75) is 19.8 Å². The van der Waals surface area contributed by atoms with Crippen molar-refractivity contribution in [3.05, 3.63) is 30.1 Å². The minimum Gasteiger partial charge on any atom is -0.493 e. The summed E-state index contributed by atoms with van der Waals surface area (Å²) in [6.07, 6.45) is 0.699. The number of hydrogen-bond donors (Lipinski definition) is 1. The molecule has 5 heteroatoms. The van der Waals surface area contributed by atoms with Crippen LogP contribution in [0, 0.1) is 11.7 Å². The smallest absolute Gasteiger partial charge is 0.342 e. The van der Waals surface area contributed by atoms with Gasteiger partial charge in [0.1, 0.15) is 11.6 Å². The number of benzene rings is 1. The summed E-state index contributed by atoms with van der Waals surface area (Å²) >= 11 is 0. The van der Waals surface area contributed by atoms with Crippen molar-refractivity contribution in [2.75, 3.05) is 6.61 Å². The zero-order valence-electron chi connectivity index (χ0n) is 9.56. The molecule has 1 N–H and O–H groups in total. The van der Waals surface area contributed by atoms with Gasteiger partial charge in [-0.15, -0.1) is 0 Å². The van der Waals surface area contributed by atoms with Gasteiger partial charge in [0.25, 0.3) is 0 Å². The van der Waals surface area contributed by atoms with E-state index in [-0.39, 0.29) is 18.2 Å². The van der Waals surface area contributed by atoms with Crippen molar-refractivity contribution < 1.29 is 24.1 Å². The Kier molecular flexibility index (Phi) is 5.42. The summed E-state index contributed by atoms with van der Waals surface area (Å²) in [5, 5.41) is 8.07. The van der Waals surface area contributed by atoms with E-state index in [0.717, 1.165) is 0 Å². The standard InChI is InChI=1S/C12H15FO4/c1-9(2-7-12(14)17-15)8-16-11-5-3-10(13)4-6-11/h3-6,9,15H,2,7-8H2,1H3. The molecule has 0 fully saturated rings. The van der Waals surface area contributed by atoms with Crippen LogP contribution < -0.4 is 4.74 Å². The Hall–Kier alpha value is -1.62. The van der Waals surface area contributed by atoms with E-state index in [1.54, 1.807) is 12.1 Å². The Morgan fingerprint density at radius 3 is 2.65 bits per heavy atom. The molecule has 94 valence electrons. The minimum absolute atomic E-state index is 0.138. The Balaban J connectivity index is 2.25. The van der Waals surface area contributed by atoms with Gasteiger partial charge in [-0.25, -0.2) is 9.18 Å². The van der Waals surface area contributed by atoms with Crippen LogP contribution in [0.2, 0.25) is 0 Å². The van der Waals surface area contributed by atoms with E-state index < -0.39 is 5.97 Å². The lowest BCUT2D eigenvalue weighted by molar-refractivity contribution is -0.234. The third-order valence-electron chi connectivity index (χ3n) is 2.29. The first-order valence-corrected chi connectivity index (χ1v) is 5.34. The van der Waals surface area contributed by atoms with Crippen molar-refractivity contribution in [3.63, 3.8) is 0 Å². The number of halogens is 1. The maximum absolute atomic E-state index is 12.6. The fourth-order valence-corrected chi connectivity index (χ4v) is 1.26. The van der Waals surface area contributed by atoms with Crippen LogP contribution >= 0.6 is 0 Å². The van der Waals surface area contributed by atoms with Crippen molar-refractivity contribution in [3.8, 4) is 5.75 Å². The molecule has 0 heterocycles.